The van der Waals surface area contributed by atoms with Crippen molar-refractivity contribution in [3.8, 4) is 0 Å². The van der Waals surface area contributed by atoms with Crippen molar-refractivity contribution < 1.29 is 9.59 Å². The van der Waals surface area contributed by atoms with E-state index in [0.29, 0.717) is 19.4 Å². The van der Waals surface area contributed by atoms with E-state index in [4.69, 9.17) is 0 Å². The third-order valence-electron chi connectivity index (χ3n) is 2.97. The first-order valence-corrected chi connectivity index (χ1v) is 6.65. The highest BCUT2D eigenvalue weighted by Gasteiger charge is 2.25. The summed E-state index contributed by atoms with van der Waals surface area (Å²) in [5.41, 5.74) is 0. The van der Waals surface area contributed by atoms with E-state index in [1.54, 1.807) is 11.3 Å². The number of thiophene rings is 1. The molecule has 0 unspecified atom stereocenters. The smallest absolute Gasteiger partial charge is 0.225 e. The van der Waals surface area contributed by atoms with Gasteiger partial charge >= 0.3 is 0 Å². The predicted molar refractivity (Wildman–Crippen MR) is 66.6 cm³/mol. The van der Waals surface area contributed by atoms with Gasteiger partial charge in [-0.15, -0.1) is 11.3 Å². The molecule has 5 heteroatoms. The van der Waals surface area contributed by atoms with Crippen molar-refractivity contribution in [2.45, 2.75) is 25.8 Å². The Labute approximate surface area is 104 Å². The molecule has 1 fully saturated rings. The summed E-state index contributed by atoms with van der Waals surface area (Å²) in [6.07, 6.45) is 1.10. The van der Waals surface area contributed by atoms with E-state index >= 15 is 0 Å². The largest absolute Gasteiger partial charge is 0.355 e. The molecule has 1 aliphatic heterocycles. The van der Waals surface area contributed by atoms with Gasteiger partial charge in [-0.2, -0.15) is 0 Å². The summed E-state index contributed by atoms with van der Waals surface area (Å²) in [6, 6.07) is 4.03. The highest BCUT2D eigenvalue weighted by Crippen LogP contribution is 2.19. The second-order valence-corrected chi connectivity index (χ2v) is 5.26. The van der Waals surface area contributed by atoms with Gasteiger partial charge in [0.15, 0.2) is 0 Å². The van der Waals surface area contributed by atoms with E-state index in [2.05, 4.69) is 10.6 Å². The summed E-state index contributed by atoms with van der Waals surface area (Å²) in [6.45, 7) is 2.44. The van der Waals surface area contributed by atoms with Crippen LogP contribution in [0.15, 0.2) is 17.5 Å². The zero-order chi connectivity index (χ0) is 12.3. The van der Waals surface area contributed by atoms with E-state index in [9.17, 15) is 9.59 Å². The van der Waals surface area contributed by atoms with Crippen LogP contribution in [0.5, 0.6) is 0 Å². The van der Waals surface area contributed by atoms with Gasteiger partial charge in [0, 0.05) is 17.8 Å². The molecule has 2 rings (SSSR count). The van der Waals surface area contributed by atoms with Crippen LogP contribution in [0.1, 0.15) is 30.7 Å². The van der Waals surface area contributed by atoms with Crippen LogP contribution >= 0.6 is 11.3 Å². The second-order valence-electron chi connectivity index (χ2n) is 4.29. The van der Waals surface area contributed by atoms with Crippen molar-refractivity contribution in [2.75, 3.05) is 6.54 Å². The molecular formula is C12H16N2O2S. The first kappa shape index (κ1) is 12.1. The lowest BCUT2D eigenvalue weighted by atomic mass is 9.98. The van der Waals surface area contributed by atoms with Crippen LogP contribution in [0.4, 0.5) is 0 Å². The van der Waals surface area contributed by atoms with Crippen molar-refractivity contribution in [1.29, 1.82) is 0 Å². The standard InChI is InChI=1S/C12H16N2O2S/c1-8(10-3-2-6-17-10)14-12(16)9-4-5-11(15)13-7-9/h2-3,6,8-9H,4-5,7H2,1H3,(H,13,15)(H,14,16)/t8-,9+/m1/s1. The van der Waals surface area contributed by atoms with Crippen molar-refractivity contribution >= 4 is 23.2 Å². The average Bonchev–Trinajstić information content (AvgIpc) is 2.83. The Morgan fingerprint density at radius 1 is 1.65 bits per heavy atom. The average molecular weight is 252 g/mol. The molecule has 0 bridgehead atoms. The zero-order valence-electron chi connectivity index (χ0n) is 9.73. The number of carbonyl (C=O) groups excluding carboxylic acids is 2. The molecule has 1 saturated heterocycles. The third kappa shape index (κ3) is 3.06. The number of nitrogens with one attached hydrogen (secondary N) is 2. The molecule has 1 aromatic rings. The third-order valence-corrected chi connectivity index (χ3v) is 4.02. The van der Waals surface area contributed by atoms with Crippen molar-refractivity contribution in [2.24, 2.45) is 5.92 Å². The van der Waals surface area contributed by atoms with Crippen molar-refractivity contribution in [3.05, 3.63) is 22.4 Å². The van der Waals surface area contributed by atoms with Crippen LogP contribution < -0.4 is 10.6 Å². The lowest BCUT2D eigenvalue weighted by molar-refractivity contribution is -0.129. The summed E-state index contributed by atoms with van der Waals surface area (Å²) in [7, 11) is 0. The van der Waals surface area contributed by atoms with Crippen LogP contribution in [0.25, 0.3) is 0 Å². The monoisotopic (exact) mass is 252 g/mol. The molecule has 0 aromatic carbocycles. The lowest BCUT2D eigenvalue weighted by Crippen LogP contribution is -2.43. The SMILES string of the molecule is C[C@@H](NC(=O)[C@H]1CCC(=O)NC1)c1cccs1. The fraction of sp³-hybridized carbons (Fsp3) is 0.500. The van der Waals surface area contributed by atoms with Gasteiger partial charge in [-0.1, -0.05) is 6.07 Å². The summed E-state index contributed by atoms with van der Waals surface area (Å²) >= 11 is 1.64. The molecule has 1 aliphatic rings. The number of carbonyl (C=O) groups is 2. The normalized spacial score (nSPS) is 21.7. The minimum Gasteiger partial charge on any atom is -0.355 e. The van der Waals surface area contributed by atoms with Gasteiger partial charge in [0.1, 0.15) is 0 Å². The summed E-state index contributed by atoms with van der Waals surface area (Å²) in [5, 5.41) is 7.71. The Morgan fingerprint density at radius 3 is 3.06 bits per heavy atom. The maximum absolute atomic E-state index is 12.0. The number of hydrogen-bond donors (Lipinski definition) is 2. The summed E-state index contributed by atoms with van der Waals surface area (Å²) in [4.78, 5) is 24.1. The van der Waals surface area contributed by atoms with Crippen LogP contribution in [0.2, 0.25) is 0 Å². The zero-order valence-corrected chi connectivity index (χ0v) is 10.5. The Bertz CT molecular complexity index is 393. The Kier molecular flexibility index (Phi) is 3.78. The predicted octanol–water partition coefficient (Wildman–Crippen LogP) is 1.45. The van der Waals surface area contributed by atoms with Gasteiger partial charge < -0.3 is 10.6 Å². The summed E-state index contributed by atoms with van der Waals surface area (Å²) < 4.78 is 0. The molecule has 0 saturated carbocycles. The number of rotatable bonds is 3. The minimum atomic E-state index is -0.0879. The molecule has 92 valence electrons. The fourth-order valence-electron chi connectivity index (χ4n) is 1.90. The molecule has 2 amide bonds. The highest BCUT2D eigenvalue weighted by molar-refractivity contribution is 7.10. The van der Waals surface area contributed by atoms with E-state index in [0.717, 1.165) is 4.88 Å². The van der Waals surface area contributed by atoms with Crippen LogP contribution in [-0.2, 0) is 9.59 Å². The van der Waals surface area contributed by atoms with E-state index < -0.39 is 0 Å². The van der Waals surface area contributed by atoms with Crippen LogP contribution in [-0.4, -0.2) is 18.4 Å². The first-order chi connectivity index (χ1) is 8.16. The molecule has 2 heterocycles. The van der Waals surface area contributed by atoms with E-state index in [-0.39, 0.29) is 23.8 Å². The number of amides is 2. The van der Waals surface area contributed by atoms with E-state index in [1.165, 1.54) is 0 Å². The Hall–Kier alpha value is -1.36. The topological polar surface area (TPSA) is 58.2 Å². The molecule has 1 aromatic heterocycles. The molecule has 2 N–H and O–H groups in total. The van der Waals surface area contributed by atoms with Crippen molar-refractivity contribution in [3.63, 3.8) is 0 Å². The van der Waals surface area contributed by atoms with Crippen molar-refractivity contribution in [1.82, 2.24) is 10.6 Å². The highest BCUT2D eigenvalue weighted by atomic mass is 32.1. The maximum Gasteiger partial charge on any atom is 0.225 e. The molecule has 17 heavy (non-hydrogen) atoms. The quantitative estimate of drug-likeness (QED) is 0.855. The summed E-state index contributed by atoms with van der Waals surface area (Å²) in [5.74, 6) is -0.0126. The number of hydrogen-bond acceptors (Lipinski definition) is 3. The molecule has 0 radical (unpaired) electrons. The van der Waals surface area contributed by atoms with Gasteiger partial charge in [-0.05, 0) is 24.8 Å². The minimum absolute atomic E-state index is 0.0332. The fourth-order valence-corrected chi connectivity index (χ4v) is 2.63. The second kappa shape index (κ2) is 5.31. The van der Waals surface area contributed by atoms with Gasteiger partial charge in [-0.25, -0.2) is 0 Å². The molecule has 0 aliphatic carbocycles. The Balaban J connectivity index is 1.86. The van der Waals surface area contributed by atoms with Crippen LogP contribution in [0.3, 0.4) is 0 Å². The molecule has 0 spiro atoms. The maximum atomic E-state index is 12.0. The van der Waals surface area contributed by atoms with E-state index in [1.807, 2.05) is 24.4 Å². The number of piperidine rings is 1. The van der Waals surface area contributed by atoms with Gasteiger partial charge in [0.05, 0.1) is 12.0 Å². The van der Waals surface area contributed by atoms with Crippen LogP contribution in [0, 0.1) is 5.92 Å². The lowest BCUT2D eigenvalue weighted by Gasteiger charge is -2.23. The van der Waals surface area contributed by atoms with Gasteiger partial charge in [0.25, 0.3) is 0 Å². The Morgan fingerprint density at radius 2 is 2.47 bits per heavy atom. The molecule has 4 nitrogen and oxygen atoms in total. The first-order valence-electron chi connectivity index (χ1n) is 5.77. The van der Waals surface area contributed by atoms with Gasteiger partial charge in [-0.3, -0.25) is 9.59 Å². The molecular weight excluding hydrogens is 236 g/mol. The van der Waals surface area contributed by atoms with Gasteiger partial charge in [0.2, 0.25) is 11.8 Å². The molecule has 2 atom stereocenters.